The van der Waals surface area contributed by atoms with Gasteiger partial charge >= 0.3 is 0 Å². The molecule has 0 radical (unpaired) electrons. The van der Waals surface area contributed by atoms with Gasteiger partial charge in [0.1, 0.15) is 0 Å². The summed E-state index contributed by atoms with van der Waals surface area (Å²) in [6.07, 6.45) is 5.14. The van der Waals surface area contributed by atoms with Gasteiger partial charge in [-0.25, -0.2) is 4.98 Å². The minimum Gasteiger partial charge on any atom is -0.396 e. The number of piperidine rings is 1. The van der Waals surface area contributed by atoms with Crippen LogP contribution in [0.3, 0.4) is 0 Å². The quantitative estimate of drug-likeness (QED) is 0.718. The van der Waals surface area contributed by atoms with Crippen molar-refractivity contribution in [2.45, 2.75) is 12.8 Å². The highest BCUT2D eigenvalue weighted by Gasteiger charge is 2.21. The molecule has 1 aliphatic heterocycles. The van der Waals surface area contributed by atoms with Crippen LogP contribution in [0.1, 0.15) is 12.8 Å². The number of hydrogen-bond acceptors (Lipinski definition) is 4. The van der Waals surface area contributed by atoms with Gasteiger partial charge < -0.3 is 15.0 Å². The van der Waals surface area contributed by atoms with E-state index in [1.165, 1.54) is 6.20 Å². The second-order valence-electron chi connectivity index (χ2n) is 3.88. The van der Waals surface area contributed by atoms with Gasteiger partial charge in [0.2, 0.25) is 0 Å². The summed E-state index contributed by atoms with van der Waals surface area (Å²) in [5.41, 5.74) is -0.156. The molecule has 15 heavy (non-hydrogen) atoms. The number of rotatable bonds is 2. The highest BCUT2D eigenvalue weighted by Crippen LogP contribution is 2.18. The van der Waals surface area contributed by atoms with E-state index in [4.69, 9.17) is 5.11 Å². The van der Waals surface area contributed by atoms with Crippen LogP contribution in [0.25, 0.3) is 0 Å². The van der Waals surface area contributed by atoms with Crippen molar-refractivity contribution in [1.29, 1.82) is 0 Å². The van der Waals surface area contributed by atoms with Crippen molar-refractivity contribution < 1.29 is 5.11 Å². The van der Waals surface area contributed by atoms with Gasteiger partial charge in [-0.2, -0.15) is 0 Å². The normalized spacial score (nSPS) is 21.7. The van der Waals surface area contributed by atoms with Crippen molar-refractivity contribution in [3.8, 4) is 0 Å². The molecule has 2 rings (SSSR count). The molecule has 0 bridgehead atoms. The molecule has 0 unspecified atom stereocenters. The minimum absolute atomic E-state index is 0.156. The Bertz CT molecular complexity index is 377. The van der Waals surface area contributed by atoms with Crippen molar-refractivity contribution in [3.05, 3.63) is 22.7 Å². The number of nitrogens with zero attached hydrogens (tertiary/aromatic N) is 2. The van der Waals surface area contributed by atoms with Gasteiger partial charge in [0, 0.05) is 32.1 Å². The average Bonchev–Trinajstić information content (AvgIpc) is 2.30. The SMILES string of the molecule is O=c1[nH]ccnc1N1CCC[C@H](CO)C1. The summed E-state index contributed by atoms with van der Waals surface area (Å²) < 4.78 is 0. The lowest BCUT2D eigenvalue weighted by Gasteiger charge is -2.31. The number of aromatic amines is 1. The Hall–Kier alpha value is -1.36. The Balaban J connectivity index is 2.17. The standard InChI is InChI=1S/C10H15N3O2/c14-7-8-2-1-5-13(6-8)9-10(15)12-4-3-11-9/h3-4,8,14H,1-2,5-7H2,(H,12,15)/t8-/m0/s1. The van der Waals surface area contributed by atoms with Gasteiger partial charge in [-0.3, -0.25) is 4.79 Å². The van der Waals surface area contributed by atoms with Crippen LogP contribution in [-0.4, -0.2) is 34.8 Å². The zero-order valence-electron chi connectivity index (χ0n) is 8.52. The molecule has 1 saturated heterocycles. The molecule has 1 atom stereocenters. The van der Waals surface area contributed by atoms with Gasteiger partial charge in [0.25, 0.3) is 5.56 Å². The fourth-order valence-electron chi connectivity index (χ4n) is 1.98. The smallest absolute Gasteiger partial charge is 0.290 e. The van der Waals surface area contributed by atoms with E-state index in [9.17, 15) is 4.79 Å². The van der Waals surface area contributed by atoms with Crippen molar-refractivity contribution in [1.82, 2.24) is 9.97 Å². The van der Waals surface area contributed by atoms with E-state index < -0.39 is 0 Å². The Morgan fingerprint density at radius 3 is 3.27 bits per heavy atom. The molecule has 2 N–H and O–H groups in total. The number of aliphatic hydroxyl groups excluding tert-OH is 1. The third-order valence-corrected chi connectivity index (χ3v) is 2.77. The van der Waals surface area contributed by atoms with Crippen LogP contribution in [0.4, 0.5) is 5.82 Å². The van der Waals surface area contributed by atoms with E-state index >= 15 is 0 Å². The van der Waals surface area contributed by atoms with Gasteiger partial charge in [-0.05, 0) is 18.8 Å². The fourth-order valence-corrected chi connectivity index (χ4v) is 1.98. The van der Waals surface area contributed by atoms with E-state index in [1.807, 2.05) is 4.90 Å². The summed E-state index contributed by atoms with van der Waals surface area (Å²) in [5, 5.41) is 9.09. The predicted octanol–water partition coefficient (Wildman–Crippen LogP) is -0.0214. The summed E-state index contributed by atoms with van der Waals surface area (Å²) in [5.74, 6) is 0.732. The van der Waals surface area contributed by atoms with E-state index in [0.29, 0.717) is 5.82 Å². The Labute approximate surface area is 87.8 Å². The molecule has 5 heteroatoms. The van der Waals surface area contributed by atoms with Crippen LogP contribution in [0.2, 0.25) is 0 Å². The highest BCUT2D eigenvalue weighted by molar-refractivity contribution is 5.35. The van der Waals surface area contributed by atoms with E-state index in [2.05, 4.69) is 9.97 Å². The summed E-state index contributed by atoms with van der Waals surface area (Å²) in [4.78, 5) is 20.1. The number of hydrogen-bond donors (Lipinski definition) is 2. The Morgan fingerprint density at radius 2 is 2.53 bits per heavy atom. The molecule has 0 saturated carbocycles. The molecule has 0 aromatic carbocycles. The molecule has 5 nitrogen and oxygen atoms in total. The fraction of sp³-hybridized carbons (Fsp3) is 0.600. The predicted molar refractivity (Wildman–Crippen MR) is 56.9 cm³/mol. The molecule has 2 heterocycles. The van der Waals surface area contributed by atoms with Crippen molar-refractivity contribution in [3.63, 3.8) is 0 Å². The lowest BCUT2D eigenvalue weighted by molar-refractivity contribution is 0.208. The molecular weight excluding hydrogens is 194 g/mol. The maximum absolute atomic E-state index is 11.5. The number of anilines is 1. The van der Waals surface area contributed by atoms with Crippen LogP contribution >= 0.6 is 0 Å². The zero-order chi connectivity index (χ0) is 10.7. The average molecular weight is 209 g/mol. The Kier molecular flexibility index (Phi) is 3.01. The topological polar surface area (TPSA) is 69.2 Å². The van der Waals surface area contributed by atoms with Crippen molar-refractivity contribution in [2.24, 2.45) is 5.92 Å². The van der Waals surface area contributed by atoms with Crippen molar-refractivity contribution >= 4 is 5.82 Å². The first-order valence-electron chi connectivity index (χ1n) is 5.20. The summed E-state index contributed by atoms with van der Waals surface area (Å²) in [6.45, 7) is 1.74. The number of H-pyrrole nitrogens is 1. The van der Waals surface area contributed by atoms with Crippen LogP contribution in [0.15, 0.2) is 17.2 Å². The minimum atomic E-state index is -0.156. The Morgan fingerprint density at radius 1 is 1.67 bits per heavy atom. The lowest BCUT2D eigenvalue weighted by atomic mass is 9.99. The molecule has 1 aromatic heterocycles. The molecule has 0 amide bonds. The largest absolute Gasteiger partial charge is 0.396 e. The van der Waals surface area contributed by atoms with Crippen LogP contribution in [-0.2, 0) is 0 Å². The van der Waals surface area contributed by atoms with Crippen LogP contribution < -0.4 is 10.5 Å². The second-order valence-corrected chi connectivity index (χ2v) is 3.88. The molecule has 1 fully saturated rings. The van der Waals surface area contributed by atoms with Gasteiger partial charge in [0.05, 0.1) is 0 Å². The second kappa shape index (κ2) is 4.44. The molecule has 1 aliphatic rings. The van der Waals surface area contributed by atoms with E-state index in [0.717, 1.165) is 25.9 Å². The first kappa shape index (κ1) is 10.2. The van der Waals surface area contributed by atoms with Gasteiger partial charge in [0.15, 0.2) is 5.82 Å². The highest BCUT2D eigenvalue weighted by atomic mass is 16.3. The number of aromatic nitrogens is 2. The van der Waals surface area contributed by atoms with Crippen LogP contribution in [0.5, 0.6) is 0 Å². The van der Waals surface area contributed by atoms with E-state index in [1.54, 1.807) is 6.20 Å². The van der Waals surface area contributed by atoms with Crippen LogP contribution in [0, 0.1) is 5.92 Å². The van der Waals surface area contributed by atoms with E-state index in [-0.39, 0.29) is 18.1 Å². The number of aliphatic hydroxyl groups is 1. The molecule has 1 aromatic rings. The molecule has 0 aliphatic carbocycles. The maximum Gasteiger partial charge on any atom is 0.290 e. The third-order valence-electron chi connectivity index (χ3n) is 2.77. The van der Waals surface area contributed by atoms with Crippen molar-refractivity contribution in [2.75, 3.05) is 24.6 Å². The zero-order valence-corrected chi connectivity index (χ0v) is 8.52. The third kappa shape index (κ3) is 2.18. The number of nitrogens with one attached hydrogen (secondary N) is 1. The summed E-state index contributed by atoms with van der Waals surface area (Å²) in [6, 6.07) is 0. The van der Waals surface area contributed by atoms with Gasteiger partial charge in [-0.1, -0.05) is 0 Å². The summed E-state index contributed by atoms with van der Waals surface area (Å²) >= 11 is 0. The molecule has 0 spiro atoms. The monoisotopic (exact) mass is 209 g/mol. The first-order chi connectivity index (χ1) is 7.31. The lowest BCUT2D eigenvalue weighted by Crippen LogP contribution is -2.40. The summed E-state index contributed by atoms with van der Waals surface area (Å²) in [7, 11) is 0. The molecular formula is C10H15N3O2. The first-order valence-corrected chi connectivity index (χ1v) is 5.20. The van der Waals surface area contributed by atoms with Gasteiger partial charge in [-0.15, -0.1) is 0 Å². The maximum atomic E-state index is 11.5. The molecule has 82 valence electrons.